The molecule has 11 N–H and O–H groups in total. The van der Waals surface area contributed by atoms with Crippen LogP contribution in [0.4, 0.5) is 4.79 Å². The van der Waals surface area contributed by atoms with E-state index in [4.69, 9.17) is 10.5 Å². The average molecular weight is 992 g/mol. The second-order valence-electron chi connectivity index (χ2n) is 18.6. The van der Waals surface area contributed by atoms with E-state index in [1.807, 2.05) is 103 Å². The van der Waals surface area contributed by atoms with Crippen LogP contribution in [0.3, 0.4) is 0 Å². The number of carboxylic acids is 1. The Kier molecular flexibility index (Phi) is 17.0. The van der Waals surface area contributed by atoms with E-state index < -0.39 is 71.8 Å². The summed E-state index contributed by atoms with van der Waals surface area (Å²) in [7, 11) is 0. The van der Waals surface area contributed by atoms with Gasteiger partial charge in [-0.2, -0.15) is 0 Å². The van der Waals surface area contributed by atoms with Gasteiger partial charge in [0.15, 0.2) is 5.78 Å². The molecule has 8 rings (SSSR count). The molecule has 7 aromatic rings. The van der Waals surface area contributed by atoms with Gasteiger partial charge in [0.25, 0.3) is 0 Å². The lowest BCUT2D eigenvalue weighted by molar-refractivity contribution is -0.142. The monoisotopic (exact) mass is 991 g/mol. The fourth-order valence-electron chi connectivity index (χ4n) is 9.63. The summed E-state index contributed by atoms with van der Waals surface area (Å²) in [6.45, 7) is 0.206. The van der Waals surface area contributed by atoms with Gasteiger partial charge in [-0.15, -0.1) is 0 Å². The summed E-state index contributed by atoms with van der Waals surface area (Å²) in [5.41, 5.74) is 11.1. The molecule has 1 aliphatic rings. The highest BCUT2D eigenvalue weighted by Gasteiger charge is 2.36. The molecule has 5 amide bonds. The zero-order valence-electron chi connectivity index (χ0n) is 40.3. The topological polar surface area (TPSA) is 282 Å². The van der Waals surface area contributed by atoms with E-state index in [1.165, 1.54) is 0 Å². The number of ether oxygens (including phenoxy) is 1. The number of alkyl carbamates (subject to hydrolysis) is 1. The van der Waals surface area contributed by atoms with Crippen molar-refractivity contribution in [2.45, 2.75) is 101 Å². The second-order valence-corrected chi connectivity index (χ2v) is 18.6. The van der Waals surface area contributed by atoms with Crippen molar-refractivity contribution in [1.82, 2.24) is 41.5 Å². The van der Waals surface area contributed by atoms with Crippen molar-refractivity contribution in [2.75, 3.05) is 6.54 Å². The lowest BCUT2D eigenvalue weighted by Crippen LogP contribution is -2.57. The number of rotatable bonds is 23. The van der Waals surface area contributed by atoms with Gasteiger partial charge in [-0.25, -0.2) is 9.59 Å². The van der Waals surface area contributed by atoms with E-state index in [9.17, 15) is 38.7 Å². The number of hydrogen-bond acceptors (Lipinski definition) is 9. The largest absolute Gasteiger partial charge is 0.480 e. The Morgan fingerprint density at radius 2 is 1.11 bits per heavy atom. The van der Waals surface area contributed by atoms with Gasteiger partial charge in [-0.3, -0.25) is 24.0 Å². The van der Waals surface area contributed by atoms with Gasteiger partial charge < -0.3 is 57.1 Å². The predicted octanol–water partition coefficient (Wildman–Crippen LogP) is 5.37. The van der Waals surface area contributed by atoms with E-state index >= 15 is 0 Å². The summed E-state index contributed by atoms with van der Waals surface area (Å²) in [5.74, 6) is -4.52. The number of fused-ring (bicyclic) bond motifs is 3. The summed E-state index contributed by atoms with van der Waals surface area (Å²) in [5, 5.41) is 26.3. The van der Waals surface area contributed by atoms with Crippen LogP contribution in [0.1, 0.15) is 67.2 Å². The fraction of sp³-hybridized carbons (Fsp3) is 0.327. The molecular formula is C55H61N9O9. The van der Waals surface area contributed by atoms with E-state index in [2.05, 4.69) is 41.5 Å². The minimum absolute atomic E-state index is 0.0325. The number of H-pyrrole nitrogens is 3. The van der Waals surface area contributed by atoms with E-state index in [0.717, 1.165) is 55.0 Å². The van der Waals surface area contributed by atoms with Gasteiger partial charge in [0.1, 0.15) is 30.8 Å². The SMILES string of the molecule is NCCC[C@H](NC(=O)[C@H](Cc1c[nH]c2ccccc12)NC(=O)CC[C@H]1CCC[C@@H](NC(=O)[C@H](Cc2c[nH]c3ccccc23)NC(=O)[C@H](Cc2c[nH]c3ccccc23)NC(=O)OCc2ccccc2)C1=O)C(=O)O. The first-order chi connectivity index (χ1) is 35.4. The number of amides is 5. The lowest BCUT2D eigenvalue weighted by Gasteiger charge is -2.30. The molecule has 0 unspecified atom stereocenters. The number of hydrogen-bond donors (Lipinski definition) is 10. The van der Waals surface area contributed by atoms with Crippen LogP contribution in [0.25, 0.3) is 32.7 Å². The molecule has 1 saturated carbocycles. The predicted molar refractivity (Wildman–Crippen MR) is 275 cm³/mol. The smallest absolute Gasteiger partial charge is 0.408 e. The number of Topliss-reactive ketones (excluding diaryl/α,β-unsaturated/α-hetero) is 1. The second kappa shape index (κ2) is 24.2. The third-order valence-electron chi connectivity index (χ3n) is 13.5. The Hall–Kier alpha value is -8.25. The van der Waals surface area contributed by atoms with E-state index in [1.54, 1.807) is 18.6 Å². The Balaban J connectivity index is 0.956. The molecule has 0 saturated heterocycles. The zero-order valence-corrected chi connectivity index (χ0v) is 40.3. The Morgan fingerprint density at radius 3 is 1.64 bits per heavy atom. The first-order valence-electron chi connectivity index (χ1n) is 24.7. The molecule has 0 aliphatic heterocycles. The van der Waals surface area contributed by atoms with Gasteiger partial charge in [-0.05, 0) is 79.1 Å². The van der Waals surface area contributed by atoms with Gasteiger partial charge in [0, 0.05) is 82.9 Å². The fourth-order valence-corrected chi connectivity index (χ4v) is 9.63. The Bertz CT molecular complexity index is 3070. The number of para-hydroxylation sites is 3. The normalized spacial score (nSPS) is 16.3. The quantitative estimate of drug-likeness (QED) is 0.0391. The van der Waals surface area contributed by atoms with Crippen LogP contribution in [-0.2, 0) is 59.4 Å². The van der Waals surface area contributed by atoms with Crippen LogP contribution in [-0.4, -0.2) is 98.3 Å². The maximum Gasteiger partial charge on any atom is 0.408 e. The molecule has 18 nitrogen and oxygen atoms in total. The van der Waals surface area contributed by atoms with Crippen LogP contribution in [0.2, 0.25) is 0 Å². The van der Waals surface area contributed by atoms with Gasteiger partial charge in [-0.1, -0.05) is 91.3 Å². The van der Waals surface area contributed by atoms with Gasteiger partial charge in [0.05, 0.1) is 6.04 Å². The molecule has 380 valence electrons. The van der Waals surface area contributed by atoms with Crippen molar-refractivity contribution in [3.05, 3.63) is 144 Å². The summed E-state index contributed by atoms with van der Waals surface area (Å²) in [6.07, 6.45) is 6.47. The molecule has 0 bridgehead atoms. The number of nitrogens with one attached hydrogen (secondary N) is 8. The van der Waals surface area contributed by atoms with Crippen molar-refractivity contribution >= 4 is 74.2 Å². The van der Waals surface area contributed by atoms with Crippen LogP contribution in [0.5, 0.6) is 0 Å². The Labute approximate surface area is 421 Å². The zero-order chi connectivity index (χ0) is 51.3. The number of aliphatic carboxylic acids is 1. The standard InChI is InChI=1S/C55H61N9O9/c56-25-11-22-45(54(70)71)62-51(67)46(26-35-29-57-41-18-7-4-15-38(35)41)60-49(65)24-23-34-14-10-21-44(50(34)66)61-52(68)47(27-36-30-58-42-19-8-5-16-39(36)42)63-53(69)48(28-37-31-59-43-20-9-6-17-40(37)43)64-55(72)73-32-33-12-2-1-3-13-33/h1-9,12-13,15-20,29-31,34,44-48,57-59H,10-11,14,21-28,32,56H2,(H,60,65)(H,61,68)(H,62,67)(H,63,69)(H,64,72)(H,70,71)/t34-,44-,45+,46+,47+,48+/m1/s1. The van der Waals surface area contributed by atoms with Gasteiger partial charge >= 0.3 is 12.1 Å². The van der Waals surface area contributed by atoms with Crippen molar-refractivity contribution in [3.63, 3.8) is 0 Å². The summed E-state index contributed by atoms with van der Waals surface area (Å²) < 4.78 is 5.53. The number of benzene rings is 4. The first kappa shape index (κ1) is 51.1. The molecule has 3 aromatic heterocycles. The molecule has 1 aliphatic carbocycles. The number of aromatic amines is 3. The lowest BCUT2D eigenvalue weighted by atomic mass is 9.81. The number of carbonyl (C=O) groups is 7. The maximum absolute atomic E-state index is 14.5. The van der Waals surface area contributed by atoms with Crippen LogP contribution >= 0.6 is 0 Å². The van der Waals surface area contributed by atoms with Crippen molar-refractivity contribution in [1.29, 1.82) is 0 Å². The molecule has 1 fully saturated rings. The number of ketones is 1. The summed E-state index contributed by atoms with van der Waals surface area (Å²) >= 11 is 0. The molecular weight excluding hydrogens is 931 g/mol. The molecule has 73 heavy (non-hydrogen) atoms. The Morgan fingerprint density at radius 1 is 0.616 bits per heavy atom. The van der Waals surface area contributed by atoms with Crippen molar-refractivity contribution < 1.29 is 43.4 Å². The van der Waals surface area contributed by atoms with E-state index in [-0.39, 0.29) is 57.5 Å². The number of aromatic nitrogens is 3. The third-order valence-corrected chi connectivity index (χ3v) is 13.5. The van der Waals surface area contributed by atoms with Crippen molar-refractivity contribution in [2.24, 2.45) is 11.7 Å². The molecule has 3 heterocycles. The summed E-state index contributed by atoms with van der Waals surface area (Å²) in [6, 6.07) is 26.1. The maximum atomic E-state index is 14.5. The minimum Gasteiger partial charge on any atom is -0.480 e. The molecule has 0 radical (unpaired) electrons. The van der Waals surface area contributed by atoms with Crippen LogP contribution in [0, 0.1) is 5.92 Å². The summed E-state index contributed by atoms with van der Waals surface area (Å²) in [4.78, 5) is 106. The first-order valence-corrected chi connectivity index (χ1v) is 24.7. The van der Waals surface area contributed by atoms with Crippen LogP contribution in [0.15, 0.2) is 122 Å². The third kappa shape index (κ3) is 13.2. The highest BCUT2D eigenvalue weighted by Crippen LogP contribution is 2.27. The molecule has 4 aromatic carbocycles. The molecule has 6 atom stereocenters. The van der Waals surface area contributed by atoms with Gasteiger partial charge in [0.2, 0.25) is 23.6 Å². The average Bonchev–Trinajstić information content (AvgIpc) is 4.13. The number of carbonyl (C=O) groups excluding carboxylic acids is 6. The minimum atomic E-state index is -1.22. The molecule has 0 spiro atoms. The number of carboxylic acid groups (broad SMARTS) is 1. The van der Waals surface area contributed by atoms with Crippen molar-refractivity contribution in [3.8, 4) is 0 Å². The molecule has 18 heteroatoms. The van der Waals surface area contributed by atoms with Crippen LogP contribution < -0.4 is 32.3 Å². The highest BCUT2D eigenvalue weighted by molar-refractivity contribution is 5.97. The highest BCUT2D eigenvalue weighted by atomic mass is 16.5. The van der Waals surface area contributed by atoms with E-state index in [0.29, 0.717) is 25.7 Å². The number of nitrogens with two attached hydrogens (primary N) is 1.